The number of hydrogen-bond acceptors (Lipinski definition) is 4. The van der Waals surface area contributed by atoms with E-state index in [1.54, 1.807) is 14.2 Å². The molecule has 4 heteroatoms. The van der Waals surface area contributed by atoms with E-state index in [9.17, 15) is 0 Å². The van der Waals surface area contributed by atoms with Crippen molar-refractivity contribution >= 4 is 0 Å². The second kappa shape index (κ2) is 9.70. The summed E-state index contributed by atoms with van der Waals surface area (Å²) in [5.74, 6) is 0.644. The highest BCUT2D eigenvalue weighted by Gasteiger charge is 2.21. The molecule has 0 saturated heterocycles. The van der Waals surface area contributed by atoms with Crippen molar-refractivity contribution in [3.63, 3.8) is 0 Å². The normalized spacial score (nSPS) is 14.4. The Morgan fingerprint density at radius 3 is 2.16 bits per heavy atom. The van der Waals surface area contributed by atoms with Gasteiger partial charge in [-0.3, -0.25) is 4.90 Å². The third kappa shape index (κ3) is 10.3. The quantitative estimate of drug-likeness (QED) is 0.660. The van der Waals surface area contributed by atoms with Crippen molar-refractivity contribution in [3.05, 3.63) is 0 Å². The number of hydrogen-bond donors (Lipinski definition) is 1. The summed E-state index contributed by atoms with van der Waals surface area (Å²) in [5, 5.41) is 3.57. The van der Waals surface area contributed by atoms with E-state index < -0.39 is 0 Å². The van der Waals surface area contributed by atoms with Crippen LogP contribution in [0.4, 0.5) is 0 Å². The summed E-state index contributed by atoms with van der Waals surface area (Å²) in [7, 11) is 3.53. The van der Waals surface area contributed by atoms with E-state index in [2.05, 4.69) is 44.8 Å². The Labute approximate surface area is 119 Å². The predicted octanol–water partition coefficient (Wildman–Crippen LogP) is 1.99. The van der Waals surface area contributed by atoms with Crippen LogP contribution in [-0.4, -0.2) is 63.5 Å². The molecular formula is C15H34N2O2. The van der Waals surface area contributed by atoms with Crippen molar-refractivity contribution in [2.75, 3.05) is 47.1 Å². The number of nitrogens with one attached hydrogen (secondary N) is 1. The number of methoxy groups -OCH3 is 2. The first-order valence-electron chi connectivity index (χ1n) is 7.27. The van der Waals surface area contributed by atoms with Gasteiger partial charge in [0.2, 0.25) is 0 Å². The van der Waals surface area contributed by atoms with E-state index >= 15 is 0 Å². The Morgan fingerprint density at radius 1 is 1.11 bits per heavy atom. The van der Waals surface area contributed by atoms with Gasteiger partial charge in [-0.25, -0.2) is 0 Å². The van der Waals surface area contributed by atoms with E-state index in [4.69, 9.17) is 9.47 Å². The summed E-state index contributed by atoms with van der Waals surface area (Å²) in [4.78, 5) is 2.47. The van der Waals surface area contributed by atoms with E-state index in [0.717, 1.165) is 32.8 Å². The van der Waals surface area contributed by atoms with Crippen LogP contribution in [0.25, 0.3) is 0 Å². The van der Waals surface area contributed by atoms with Gasteiger partial charge in [-0.05, 0) is 26.7 Å². The molecule has 0 aliphatic rings. The Hall–Kier alpha value is -0.160. The van der Waals surface area contributed by atoms with E-state index in [0.29, 0.717) is 12.0 Å². The topological polar surface area (TPSA) is 33.7 Å². The molecule has 0 fully saturated rings. The molecule has 0 aliphatic heterocycles. The summed E-state index contributed by atoms with van der Waals surface area (Å²) in [6.45, 7) is 15.6. The maximum atomic E-state index is 5.39. The lowest BCUT2D eigenvalue weighted by Gasteiger charge is -2.34. The molecule has 0 amide bonds. The zero-order valence-electron chi connectivity index (χ0n) is 14.0. The van der Waals surface area contributed by atoms with Crippen LogP contribution < -0.4 is 5.32 Å². The van der Waals surface area contributed by atoms with Crippen LogP contribution in [0.1, 0.15) is 34.6 Å². The molecular weight excluding hydrogens is 240 g/mol. The molecule has 0 aliphatic carbocycles. The average Bonchev–Trinajstić information content (AvgIpc) is 2.28. The minimum Gasteiger partial charge on any atom is -0.383 e. The van der Waals surface area contributed by atoms with Crippen LogP contribution >= 0.6 is 0 Å². The maximum Gasteiger partial charge on any atom is 0.0630 e. The summed E-state index contributed by atoms with van der Waals surface area (Å²) < 4.78 is 10.6. The molecule has 0 bridgehead atoms. The highest BCUT2D eigenvalue weighted by Crippen LogP contribution is 2.07. The molecule has 0 saturated carbocycles. The highest BCUT2D eigenvalue weighted by molar-refractivity contribution is 4.79. The zero-order valence-corrected chi connectivity index (χ0v) is 14.0. The van der Waals surface area contributed by atoms with Crippen LogP contribution in [-0.2, 0) is 9.47 Å². The van der Waals surface area contributed by atoms with Crippen molar-refractivity contribution in [1.82, 2.24) is 10.2 Å². The molecule has 0 heterocycles. The van der Waals surface area contributed by atoms with Gasteiger partial charge >= 0.3 is 0 Å². The van der Waals surface area contributed by atoms with Crippen molar-refractivity contribution in [2.24, 2.45) is 5.92 Å². The summed E-state index contributed by atoms with van der Waals surface area (Å²) >= 11 is 0. The zero-order chi connectivity index (χ0) is 14.9. The third-order valence-corrected chi connectivity index (χ3v) is 2.93. The first kappa shape index (κ1) is 18.8. The maximum absolute atomic E-state index is 5.39. The van der Waals surface area contributed by atoms with Gasteiger partial charge in [-0.15, -0.1) is 0 Å². The molecule has 0 radical (unpaired) electrons. The lowest BCUT2D eigenvalue weighted by Crippen LogP contribution is -2.51. The van der Waals surface area contributed by atoms with Crippen LogP contribution in [0.3, 0.4) is 0 Å². The minimum atomic E-state index is 0.136. The van der Waals surface area contributed by atoms with Crippen molar-refractivity contribution < 1.29 is 9.47 Å². The second-order valence-electron chi connectivity index (χ2n) is 6.62. The Morgan fingerprint density at radius 2 is 1.74 bits per heavy atom. The van der Waals surface area contributed by atoms with Gasteiger partial charge in [0.05, 0.1) is 13.2 Å². The third-order valence-electron chi connectivity index (χ3n) is 2.93. The first-order chi connectivity index (χ1) is 8.80. The predicted molar refractivity (Wildman–Crippen MR) is 81.7 cm³/mol. The second-order valence-corrected chi connectivity index (χ2v) is 6.62. The average molecular weight is 274 g/mol. The lowest BCUT2D eigenvalue weighted by atomic mass is 10.1. The number of ether oxygens (including phenoxy) is 2. The van der Waals surface area contributed by atoms with E-state index in [-0.39, 0.29) is 5.54 Å². The molecule has 0 rings (SSSR count). The van der Waals surface area contributed by atoms with Gasteiger partial charge in [-0.1, -0.05) is 13.8 Å². The molecule has 1 unspecified atom stereocenters. The summed E-state index contributed by atoms with van der Waals surface area (Å²) in [6, 6.07) is 0.391. The molecule has 0 aromatic carbocycles. The Kier molecular flexibility index (Phi) is 9.62. The Bertz CT molecular complexity index is 215. The largest absolute Gasteiger partial charge is 0.383 e. The van der Waals surface area contributed by atoms with Crippen LogP contribution in [0.15, 0.2) is 0 Å². The van der Waals surface area contributed by atoms with Gasteiger partial charge in [-0.2, -0.15) is 0 Å². The molecule has 19 heavy (non-hydrogen) atoms. The smallest absolute Gasteiger partial charge is 0.0630 e. The fraction of sp³-hybridized carbons (Fsp3) is 1.00. The van der Waals surface area contributed by atoms with Crippen molar-refractivity contribution in [3.8, 4) is 0 Å². The molecule has 0 aromatic rings. The highest BCUT2D eigenvalue weighted by atomic mass is 16.5. The van der Waals surface area contributed by atoms with Crippen LogP contribution in [0.2, 0.25) is 0 Å². The fourth-order valence-electron chi connectivity index (χ4n) is 2.01. The molecule has 1 N–H and O–H groups in total. The standard InChI is InChI=1S/C15H34N2O2/c1-13(2)11-17(8-9-18-6)14(12-19-7)10-16-15(3,4)5/h13-14,16H,8-12H2,1-7H3. The Balaban J connectivity index is 4.53. The molecule has 4 nitrogen and oxygen atoms in total. The fourth-order valence-corrected chi connectivity index (χ4v) is 2.01. The SMILES string of the molecule is COCCN(CC(C)C)C(CNC(C)(C)C)COC. The molecule has 0 aromatic heterocycles. The first-order valence-corrected chi connectivity index (χ1v) is 7.27. The number of rotatable bonds is 10. The van der Waals surface area contributed by atoms with Crippen LogP contribution in [0.5, 0.6) is 0 Å². The molecule has 1 atom stereocenters. The van der Waals surface area contributed by atoms with Crippen molar-refractivity contribution in [2.45, 2.75) is 46.2 Å². The van der Waals surface area contributed by atoms with Gasteiger partial charge in [0.25, 0.3) is 0 Å². The number of nitrogens with zero attached hydrogens (tertiary/aromatic N) is 1. The van der Waals surface area contributed by atoms with Gasteiger partial charge in [0.1, 0.15) is 0 Å². The molecule has 0 spiro atoms. The van der Waals surface area contributed by atoms with Gasteiger partial charge in [0.15, 0.2) is 0 Å². The summed E-state index contributed by atoms with van der Waals surface area (Å²) in [6.07, 6.45) is 0. The van der Waals surface area contributed by atoms with Gasteiger partial charge in [0, 0.05) is 45.4 Å². The van der Waals surface area contributed by atoms with E-state index in [1.165, 1.54) is 0 Å². The molecule has 116 valence electrons. The lowest BCUT2D eigenvalue weighted by molar-refractivity contribution is 0.0572. The summed E-state index contributed by atoms with van der Waals surface area (Å²) in [5.41, 5.74) is 0.136. The van der Waals surface area contributed by atoms with Gasteiger partial charge < -0.3 is 14.8 Å². The van der Waals surface area contributed by atoms with Crippen LogP contribution in [0, 0.1) is 5.92 Å². The van der Waals surface area contributed by atoms with Crippen molar-refractivity contribution in [1.29, 1.82) is 0 Å². The monoisotopic (exact) mass is 274 g/mol. The van der Waals surface area contributed by atoms with E-state index in [1.807, 2.05) is 0 Å². The minimum absolute atomic E-state index is 0.136.